The van der Waals surface area contributed by atoms with Gasteiger partial charge in [0.2, 0.25) is 0 Å². The predicted molar refractivity (Wildman–Crippen MR) is 117 cm³/mol. The van der Waals surface area contributed by atoms with E-state index in [0.29, 0.717) is 22.8 Å². The maximum absolute atomic E-state index is 13.9. The van der Waals surface area contributed by atoms with E-state index in [0.717, 1.165) is 0 Å². The fraction of sp³-hybridized carbons (Fsp3) is 0.0833. The van der Waals surface area contributed by atoms with Crippen LogP contribution in [0.4, 0.5) is 10.1 Å². The maximum atomic E-state index is 13.9. The van der Waals surface area contributed by atoms with Gasteiger partial charge >= 0.3 is 5.97 Å². The van der Waals surface area contributed by atoms with E-state index in [2.05, 4.69) is 15.4 Å². The zero-order valence-electron chi connectivity index (χ0n) is 17.2. The van der Waals surface area contributed by atoms with Crippen molar-refractivity contribution in [3.63, 3.8) is 0 Å². The number of ether oxygens (including phenoxy) is 1. The molecule has 2 heterocycles. The molecule has 0 atom stereocenters. The molecule has 0 unspecified atom stereocenters. The summed E-state index contributed by atoms with van der Waals surface area (Å²) in [7, 11) is 0. The number of carbonyl (C=O) groups excluding carboxylic acids is 2. The number of nitrogens with one attached hydrogen (secondary N) is 1. The Hall–Kier alpha value is -4.33. The molecule has 2 aromatic heterocycles. The largest absolute Gasteiger partial charge is 0.461 e. The first-order valence-electron chi connectivity index (χ1n) is 9.91. The van der Waals surface area contributed by atoms with E-state index >= 15 is 0 Å². The number of nitrogens with zero attached hydrogens (tertiary/aromatic N) is 3. The summed E-state index contributed by atoms with van der Waals surface area (Å²) in [5, 5.41) is 7.07. The van der Waals surface area contributed by atoms with E-state index in [-0.39, 0.29) is 17.9 Å². The van der Waals surface area contributed by atoms with E-state index < -0.39 is 17.7 Å². The number of benzene rings is 2. The Bertz CT molecular complexity index is 1270. The summed E-state index contributed by atoms with van der Waals surface area (Å²) < 4.78 is 20.6. The van der Waals surface area contributed by atoms with Crippen LogP contribution in [0.1, 0.15) is 27.8 Å². The summed E-state index contributed by atoms with van der Waals surface area (Å²) in [5.74, 6) is -1.20. The molecule has 0 aliphatic rings. The molecule has 8 heteroatoms. The van der Waals surface area contributed by atoms with Crippen LogP contribution in [0, 0.1) is 5.82 Å². The molecular formula is C24H19FN4O3. The van der Waals surface area contributed by atoms with E-state index in [4.69, 9.17) is 4.74 Å². The van der Waals surface area contributed by atoms with Crippen molar-refractivity contribution >= 4 is 17.6 Å². The van der Waals surface area contributed by atoms with Gasteiger partial charge in [-0.15, -0.1) is 0 Å². The second-order valence-electron chi connectivity index (χ2n) is 6.75. The van der Waals surface area contributed by atoms with Crippen molar-refractivity contribution in [2.24, 2.45) is 0 Å². The van der Waals surface area contributed by atoms with Crippen molar-refractivity contribution in [1.29, 1.82) is 0 Å². The Morgan fingerprint density at radius 1 is 1.03 bits per heavy atom. The number of hydrogen-bond donors (Lipinski definition) is 1. The standard InChI is InChI=1S/C24H19FN4O3/c1-2-32-24(31)20-15-21(29(28-20)22-12-5-6-13-26-22)16-8-7-9-17(14-16)27-23(30)18-10-3-4-11-19(18)25/h3-15H,2H2,1H3,(H,27,30). The van der Waals surface area contributed by atoms with Gasteiger partial charge < -0.3 is 10.1 Å². The second kappa shape index (κ2) is 9.22. The summed E-state index contributed by atoms with van der Waals surface area (Å²) in [6.07, 6.45) is 1.62. The molecule has 32 heavy (non-hydrogen) atoms. The summed E-state index contributed by atoms with van der Waals surface area (Å²) in [6, 6.07) is 19.7. The number of pyridine rings is 1. The third-order valence-electron chi connectivity index (χ3n) is 4.59. The highest BCUT2D eigenvalue weighted by atomic mass is 19.1. The van der Waals surface area contributed by atoms with Crippen LogP contribution in [0.3, 0.4) is 0 Å². The molecule has 0 spiro atoms. The first-order chi connectivity index (χ1) is 15.6. The SMILES string of the molecule is CCOC(=O)c1cc(-c2cccc(NC(=O)c3ccccc3F)c2)n(-c2ccccn2)n1. The normalized spacial score (nSPS) is 10.6. The number of aromatic nitrogens is 3. The lowest BCUT2D eigenvalue weighted by atomic mass is 10.1. The fourth-order valence-electron chi connectivity index (χ4n) is 3.15. The van der Waals surface area contributed by atoms with Gasteiger partial charge in [0.25, 0.3) is 5.91 Å². The van der Waals surface area contributed by atoms with E-state index in [1.165, 1.54) is 22.9 Å². The number of hydrogen-bond acceptors (Lipinski definition) is 5. The lowest BCUT2D eigenvalue weighted by Crippen LogP contribution is -2.13. The fourth-order valence-corrected chi connectivity index (χ4v) is 3.15. The molecule has 1 amide bonds. The van der Waals surface area contributed by atoms with Crippen molar-refractivity contribution in [2.75, 3.05) is 11.9 Å². The van der Waals surface area contributed by atoms with Crippen molar-refractivity contribution < 1.29 is 18.7 Å². The van der Waals surface area contributed by atoms with Crippen LogP contribution in [0.2, 0.25) is 0 Å². The molecular weight excluding hydrogens is 411 g/mol. The molecule has 160 valence electrons. The molecule has 0 fully saturated rings. The highest BCUT2D eigenvalue weighted by Gasteiger charge is 2.19. The zero-order valence-corrected chi connectivity index (χ0v) is 17.2. The highest BCUT2D eigenvalue weighted by molar-refractivity contribution is 6.04. The topological polar surface area (TPSA) is 86.1 Å². The van der Waals surface area contributed by atoms with Crippen molar-refractivity contribution in [3.05, 3.63) is 96.1 Å². The Kier molecular flexibility index (Phi) is 6.03. The summed E-state index contributed by atoms with van der Waals surface area (Å²) >= 11 is 0. The molecule has 2 aromatic carbocycles. The Morgan fingerprint density at radius 3 is 2.59 bits per heavy atom. The van der Waals surface area contributed by atoms with Gasteiger partial charge in [-0.3, -0.25) is 4.79 Å². The molecule has 0 saturated heterocycles. The van der Waals surface area contributed by atoms with Gasteiger partial charge in [-0.2, -0.15) is 5.10 Å². The smallest absolute Gasteiger partial charge is 0.358 e. The van der Waals surface area contributed by atoms with E-state index in [1.54, 1.807) is 55.6 Å². The number of rotatable bonds is 6. The van der Waals surface area contributed by atoms with Crippen molar-refractivity contribution in [1.82, 2.24) is 14.8 Å². The monoisotopic (exact) mass is 430 g/mol. The van der Waals surface area contributed by atoms with Gasteiger partial charge in [0.1, 0.15) is 5.82 Å². The van der Waals surface area contributed by atoms with Crippen molar-refractivity contribution in [2.45, 2.75) is 6.92 Å². The average Bonchev–Trinajstić information content (AvgIpc) is 3.26. The molecule has 0 aliphatic carbocycles. The van der Waals surface area contributed by atoms with Gasteiger partial charge in [0.05, 0.1) is 17.9 Å². The first kappa shape index (κ1) is 20.9. The van der Waals surface area contributed by atoms with Crippen LogP contribution >= 0.6 is 0 Å². The predicted octanol–water partition coefficient (Wildman–Crippen LogP) is 4.50. The third kappa shape index (κ3) is 4.39. The first-order valence-corrected chi connectivity index (χ1v) is 9.91. The van der Waals surface area contributed by atoms with Crippen molar-refractivity contribution in [3.8, 4) is 17.1 Å². The molecule has 0 bridgehead atoms. The minimum absolute atomic E-state index is 0.0546. The quantitative estimate of drug-likeness (QED) is 0.455. The van der Waals surface area contributed by atoms with Gasteiger partial charge in [-0.05, 0) is 49.4 Å². The molecule has 7 nitrogen and oxygen atoms in total. The molecule has 0 radical (unpaired) electrons. The Balaban J connectivity index is 1.71. The number of anilines is 1. The zero-order chi connectivity index (χ0) is 22.5. The van der Waals surface area contributed by atoms with Gasteiger partial charge in [-0.1, -0.05) is 30.3 Å². The van der Waals surface area contributed by atoms with Crippen LogP contribution in [0.25, 0.3) is 17.1 Å². The van der Waals surface area contributed by atoms with E-state index in [1.807, 2.05) is 12.1 Å². The van der Waals surface area contributed by atoms with Crippen LogP contribution < -0.4 is 5.32 Å². The third-order valence-corrected chi connectivity index (χ3v) is 4.59. The summed E-state index contributed by atoms with van der Waals surface area (Å²) in [4.78, 5) is 29.1. The molecule has 0 aliphatic heterocycles. The van der Waals surface area contributed by atoms with Gasteiger partial charge in [0, 0.05) is 17.4 Å². The lowest BCUT2D eigenvalue weighted by Gasteiger charge is -2.10. The van der Waals surface area contributed by atoms with Crippen LogP contribution in [0.15, 0.2) is 79.0 Å². The summed E-state index contributed by atoms with van der Waals surface area (Å²) in [5.41, 5.74) is 1.79. The molecule has 1 N–H and O–H groups in total. The van der Waals surface area contributed by atoms with Gasteiger partial charge in [-0.25, -0.2) is 18.9 Å². The summed E-state index contributed by atoms with van der Waals surface area (Å²) in [6.45, 7) is 1.94. The number of amides is 1. The molecule has 0 saturated carbocycles. The Morgan fingerprint density at radius 2 is 1.84 bits per heavy atom. The highest BCUT2D eigenvalue weighted by Crippen LogP contribution is 2.26. The molecule has 4 rings (SSSR count). The Labute approximate surface area is 183 Å². The average molecular weight is 430 g/mol. The second-order valence-corrected chi connectivity index (χ2v) is 6.75. The lowest BCUT2D eigenvalue weighted by molar-refractivity contribution is 0.0518. The maximum Gasteiger partial charge on any atom is 0.358 e. The van der Waals surface area contributed by atoms with Crippen LogP contribution in [-0.4, -0.2) is 33.2 Å². The number of halogens is 1. The van der Waals surface area contributed by atoms with Crippen LogP contribution in [-0.2, 0) is 4.74 Å². The minimum Gasteiger partial charge on any atom is -0.461 e. The number of esters is 1. The number of carbonyl (C=O) groups is 2. The van der Waals surface area contributed by atoms with E-state index in [9.17, 15) is 14.0 Å². The van der Waals surface area contributed by atoms with Gasteiger partial charge in [0.15, 0.2) is 11.5 Å². The molecule has 4 aromatic rings. The minimum atomic E-state index is -0.603. The van der Waals surface area contributed by atoms with Crippen LogP contribution in [0.5, 0.6) is 0 Å².